The first-order valence-electron chi connectivity index (χ1n) is 8.46. The SMILES string of the molecule is CCc1ccc(CC(=O)Nc2nc(-c3ccc(C)cc3C)cs2)cc1. The van der Waals surface area contributed by atoms with Crippen LogP contribution < -0.4 is 5.32 Å². The maximum atomic E-state index is 12.2. The maximum Gasteiger partial charge on any atom is 0.230 e. The van der Waals surface area contributed by atoms with E-state index in [1.807, 2.05) is 17.5 Å². The average Bonchev–Trinajstić information content (AvgIpc) is 3.03. The van der Waals surface area contributed by atoms with Crippen molar-refractivity contribution in [2.24, 2.45) is 0 Å². The van der Waals surface area contributed by atoms with Crippen molar-refractivity contribution in [3.8, 4) is 11.3 Å². The number of benzene rings is 2. The summed E-state index contributed by atoms with van der Waals surface area (Å²) in [4.78, 5) is 16.8. The third kappa shape index (κ3) is 4.34. The van der Waals surface area contributed by atoms with Crippen molar-refractivity contribution in [2.45, 2.75) is 33.6 Å². The van der Waals surface area contributed by atoms with Gasteiger partial charge < -0.3 is 5.32 Å². The van der Waals surface area contributed by atoms with Gasteiger partial charge in [-0.1, -0.05) is 55.0 Å². The van der Waals surface area contributed by atoms with Crippen molar-refractivity contribution in [3.05, 3.63) is 70.1 Å². The molecule has 1 amide bonds. The summed E-state index contributed by atoms with van der Waals surface area (Å²) >= 11 is 1.46. The van der Waals surface area contributed by atoms with E-state index in [0.717, 1.165) is 23.2 Å². The van der Waals surface area contributed by atoms with Crippen molar-refractivity contribution < 1.29 is 4.79 Å². The van der Waals surface area contributed by atoms with Crippen LogP contribution in [0.25, 0.3) is 11.3 Å². The van der Waals surface area contributed by atoms with Gasteiger partial charge in [0.25, 0.3) is 0 Å². The summed E-state index contributed by atoms with van der Waals surface area (Å²) in [5, 5.41) is 5.54. The van der Waals surface area contributed by atoms with Gasteiger partial charge >= 0.3 is 0 Å². The maximum absolute atomic E-state index is 12.2. The van der Waals surface area contributed by atoms with Crippen LogP contribution in [0.3, 0.4) is 0 Å². The molecule has 0 fully saturated rings. The molecule has 0 saturated heterocycles. The van der Waals surface area contributed by atoms with E-state index in [4.69, 9.17) is 0 Å². The second-order valence-corrected chi connectivity index (χ2v) is 7.11. The third-order valence-corrected chi connectivity index (χ3v) is 4.96. The minimum absolute atomic E-state index is 0.0363. The molecule has 0 saturated carbocycles. The zero-order valence-electron chi connectivity index (χ0n) is 14.8. The average molecular weight is 350 g/mol. The lowest BCUT2D eigenvalue weighted by Gasteiger charge is -2.04. The molecule has 4 heteroatoms. The van der Waals surface area contributed by atoms with Crippen molar-refractivity contribution in [3.63, 3.8) is 0 Å². The van der Waals surface area contributed by atoms with Gasteiger partial charge in [-0.2, -0.15) is 0 Å². The van der Waals surface area contributed by atoms with E-state index in [1.165, 1.54) is 28.0 Å². The molecule has 128 valence electrons. The topological polar surface area (TPSA) is 42.0 Å². The Labute approximate surface area is 152 Å². The molecule has 1 N–H and O–H groups in total. The predicted octanol–water partition coefficient (Wildman–Crippen LogP) is 5.17. The fraction of sp³-hybridized carbons (Fsp3) is 0.238. The largest absolute Gasteiger partial charge is 0.302 e. The lowest BCUT2D eigenvalue weighted by molar-refractivity contribution is -0.115. The van der Waals surface area contributed by atoms with Crippen molar-refractivity contribution in [2.75, 3.05) is 5.32 Å². The number of thiazole rings is 1. The number of carbonyl (C=O) groups is 1. The number of anilines is 1. The van der Waals surface area contributed by atoms with Crippen LogP contribution in [-0.2, 0) is 17.6 Å². The molecule has 0 bridgehead atoms. The smallest absolute Gasteiger partial charge is 0.230 e. The Morgan fingerprint density at radius 3 is 2.48 bits per heavy atom. The highest BCUT2D eigenvalue weighted by molar-refractivity contribution is 7.14. The molecule has 0 aliphatic heterocycles. The van der Waals surface area contributed by atoms with Crippen LogP contribution in [0.5, 0.6) is 0 Å². The van der Waals surface area contributed by atoms with Gasteiger partial charge in [0.2, 0.25) is 5.91 Å². The molecule has 0 spiro atoms. The Morgan fingerprint density at radius 2 is 1.80 bits per heavy atom. The van der Waals surface area contributed by atoms with Gasteiger partial charge in [-0.25, -0.2) is 4.98 Å². The molecule has 3 aromatic rings. The highest BCUT2D eigenvalue weighted by Gasteiger charge is 2.10. The number of hydrogen-bond acceptors (Lipinski definition) is 3. The van der Waals surface area contributed by atoms with Crippen LogP contribution in [0.15, 0.2) is 47.8 Å². The van der Waals surface area contributed by atoms with Crippen molar-refractivity contribution >= 4 is 22.4 Å². The van der Waals surface area contributed by atoms with Crippen LogP contribution in [0.1, 0.15) is 29.2 Å². The molecule has 25 heavy (non-hydrogen) atoms. The summed E-state index contributed by atoms with van der Waals surface area (Å²) < 4.78 is 0. The Morgan fingerprint density at radius 1 is 1.08 bits per heavy atom. The van der Waals surface area contributed by atoms with Gasteiger partial charge in [0.15, 0.2) is 5.13 Å². The van der Waals surface area contributed by atoms with E-state index >= 15 is 0 Å². The number of carbonyl (C=O) groups excluding carboxylic acids is 1. The molecule has 0 aliphatic carbocycles. The Bertz CT molecular complexity index is 881. The molecule has 0 aliphatic rings. The predicted molar refractivity (Wildman–Crippen MR) is 105 cm³/mol. The molecule has 1 aromatic heterocycles. The normalized spacial score (nSPS) is 10.7. The Balaban J connectivity index is 1.67. The number of nitrogens with zero attached hydrogens (tertiary/aromatic N) is 1. The van der Waals surface area contributed by atoms with Crippen LogP contribution >= 0.6 is 11.3 Å². The van der Waals surface area contributed by atoms with E-state index < -0.39 is 0 Å². The standard InChI is InChI=1S/C21H22N2OS/c1-4-16-6-8-17(9-7-16)12-20(24)23-21-22-19(13-25-21)18-10-5-14(2)11-15(18)3/h5-11,13H,4,12H2,1-3H3,(H,22,23,24). The molecular formula is C21H22N2OS. The second-order valence-electron chi connectivity index (χ2n) is 6.25. The molecule has 2 aromatic carbocycles. The summed E-state index contributed by atoms with van der Waals surface area (Å²) in [5.74, 6) is -0.0363. The van der Waals surface area contributed by atoms with E-state index in [1.54, 1.807) is 0 Å². The summed E-state index contributed by atoms with van der Waals surface area (Å²) in [6, 6.07) is 14.5. The molecule has 1 heterocycles. The minimum atomic E-state index is -0.0363. The number of hydrogen-bond donors (Lipinski definition) is 1. The first kappa shape index (κ1) is 17.4. The Hall–Kier alpha value is -2.46. The second kappa shape index (κ2) is 7.62. The number of nitrogens with one attached hydrogen (secondary N) is 1. The Kier molecular flexibility index (Phi) is 5.29. The number of rotatable bonds is 5. The van der Waals surface area contributed by atoms with Gasteiger partial charge in [0.1, 0.15) is 0 Å². The molecule has 0 radical (unpaired) electrons. The lowest BCUT2D eigenvalue weighted by Crippen LogP contribution is -2.14. The third-order valence-electron chi connectivity index (χ3n) is 4.20. The number of aryl methyl sites for hydroxylation is 3. The summed E-state index contributed by atoms with van der Waals surface area (Å²) in [5.41, 5.74) is 6.74. The monoisotopic (exact) mass is 350 g/mol. The lowest BCUT2D eigenvalue weighted by atomic mass is 10.0. The van der Waals surface area contributed by atoms with Gasteiger partial charge in [-0.3, -0.25) is 4.79 Å². The van der Waals surface area contributed by atoms with Crippen LogP contribution in [-0.4, -0.2) is 10.9 Å². The van der Waals surface area contributed by atoms with Gasteiger partial charge in [0.05, 0.1) is 12.1 Å². The molecule has 3 nitrogen and oxygen atoms in total. The van der Waals surface area contributed by atoms with Gasteiger partial charge in [0, 0.05) is 10.9 Å². The highest BCUT2D eigenvalue weighted by atomic mass is 32.1. The molecule has 0 unspecified atom stereocenters. The van der Waals surface area contributed by atoms with E-state index in [-0.39, 0.29) is 5.91 Å². The van der Waals surface area contributed by atoms with Gasteiger partial charge in [-0.05, 0) is 37.0 Å². The first-order valence-corrected chi connectivity index (χ1v) is 9.34. The van der Waals surface area contributed by atoms with E-state index in [0.29, 0.717) is 11.6 Å². The van der Waals surface area contributed by atoms with Crippen LogP contribution in [0.2, 0.25) is 0 Å². The number of amides is 1. The van der Waals surface area contributed by atoms with Crippen LogP contribution in [0, 0.1) is 13.8 Å². The minimum Gasteiger partial charge on any atom is -0.302 e. The summed E-state index contributed by atoms with van der Waals surface area (Å²) in [7, 11) is 0. The summed E-state index contributed by atoms with van der Waals surface area (Å²) in [6.07, 6.45) is 1.37. The highest BCUT2D eigenvalue weighted by Crippen LogP contribution is 2.28. The van der Waals surface area contributed by atoms with Crippen molar-refractivity contribution in [1.82, 2.24) is 4.98 Å². The van der Waals surface area contributed by atoms with Crippen LogP contribution in [0.4, 0.5) is 5.13 Å². The molecule has 3 rings (SSSR count). The quantitative estimate of drug-likeness (QED) is 0.690. The molecule has 0 atom stereocenters. The fourth-order valence-corrected chi connectivity index (χ4v) is 3.52. The zero-order chi connectivity index (χ0) is 17.8. The zero-order valence-corrected chi connectivity index (χ0v) is 15.6. The van der Waals surface area contributed by atoms with E-state index in [2.05, 4.69) is 61.4 Å². The fourth-order valence-electron chi connectivity index (χ4n) is 2.80. The van der Waals surface area contributed by atoms with E-state index in [9.17, 15) is 4.79 Å². The van der Waals surface area contributed by atoms with Gasteiger partial charge in [-0.15, -0.1) is 11.3 Å². The first-order chi connectivity index (χ1) is 12.0. The van der Waals surface area contributed by atoms with Crippen molar-refractivity contribution in [1.29, 1.82) is 0 Å². The molecular weight excluding hydrogens is 328 g/mol. The number of aromatic nitrogens is 1. The summed E-state index contributed by atoms with van der Waals surface area (Å²) in [6.45, 7) is 6.29.